The van der Waals surface area contributed by atoms with Crippen molar-refractivity contribution in [3.8, 4) is 5.75 Å². The smallest absolute Gasteiger partial charge is 0.344 e. The minimum absolute atomic E-state index is 0.00905. The van der Waals surface area contributed by atoms with Crippen molar-refractivity contribution in [3.05, 3.63) is 62.2 Å². The first kappa shape index (κ1) is 30.7. The van der Waals surface area contributed by atoms with Gasteiger partial charge in [-0.3, -0.25) is 9.59 Å². The molecule has 0 heterocycles. The fourth-order valence-electron chi connectivity index (χ4n) is 3.41. The molecule has 0 bridgehead atoms. The minimum Gasteiger partial charge on any atom is -0.463 e. The molecule has 0 aliphatic heterocycles. The predicted octanol–water partition coefficient (Wildman–Crippen LogP) is 3.69. The summed E-state index contributed by atoms with van der Waals surface area (Å²) >= 11 is 0. The second-order valence-electron chi connectivity index (χ2n) is 8.42. The Morgan fingerprint density at radius 2 is 1.38 bits per heavy atom. The Balaban J connectivity index is 1.76. The van der Waals surface area contributed by atoms with Gasteiger partial charge in [0.25, 0.3) is 10.2 Å². The summed E-state index contributed by atoms with van der Waals surface area (Å²) in [5.74, 6) is -2.04. The fraction of sp³-hybridized carbons (Fsp3) is 0.480. The van der Waals surface area contributed by atoms with Crippen LogP contribution in [-0.2, 0) is 33.5 Å². The first-order valence-corrected chi connectivity index (χ1v) is 12.3. The van der Waals surface area contributed by atoms with E-state index in [1.807, 2.05) is 0 Å². The molecule has 2 aromatic rings. The van der Waals surface area contributed by atoms with E-state index >= 15 is 0 Å². The number of benzene rings is 2. The molecule has 0 N–H and O–H groups in total. The summed E-state index contributed by atoms with van der Waals surface area (Å²) in [6.07, 6.45) is 2.45. The van der Waals surface area contributed by atoms with Crippen LogP contribution in [0.1, 0.15) is 56.9 Å². The minimum atomic E-state index is -0.897. The molecule has 1 atom stereocenters. The van der Waals surface area contributed by atoms with Gasteiger partial charge in [0.1, 0.15) is 5.75 Å². The van der Waals surface area contributed by atoms with Crippen molar-refractivity contribution < 1.29 is 48.4 Å². The number of hydrogen-bond acceptors (Lipinski definition) is 12. The van der Waals surface area contributed by atoms with Crippen LogP contribution < -0.4 is 4.74 Å². The number of fused-ring (bicyclic) bond motifs is 1. The van der Waals surface area contributed by atoms with Crippen molar-refractivity contribution >= 4 is 28.7 Å². The van der Waals surface area contributed by atoms with Crippen LogP contribution in [0.4, 0.5) is 0 Å². The highest BCUT2D eigenvalue weighted by atomic mass is 17.0. The Morgan fingerprint density at radius 1 is 0.769 bits per heavy atom. The molecular formula is C25H30N2O12. The average Bonchev–Trinajstić information content (AvgIpc) is 2.90. The van der Waals surface area contributed by atoms with Crippen LogP contribution in [0.2, 0.25) is 0 Å². The number of carbonyl (C=O) groups is 3. The molecule has 0 radical (unpaired) electrons. The Hall–Kier alpha value is -4.49. The number of rotatable bonds is 18. The van der Waals surface area contributed by atoms with Gasteiger partial charge < -0.3 is 23.9 Å². The lowest BCUT2D eigenvalue weighted by molar-refractivity contribution is -0.757. The maximum atomic E-state index is 12.4. The third kappa shape index (κ3) is 12.1. The van der Waals surface area contributed by atoms with Crippen LogP contribution in [0.3, 0.4) is 0 Å². The molecule has 0 saturated heterocycles. The van der Waals surface area contributed by atoms with E-state index in [0.717, 1.165) is 10.8 Å². The molecular weight excluding hydrogens is 520 g/mol. The molecule has 0 saturated carbocycles. The molecule has 0 spiro atoms. The van der Waals surface area contributed by atoms with Gasteiger partial charge >= 0.3 is 17.9 Å². The molecule has 212 valence electrons. The third-order valence-corrected chi connectivity index (χ3v) is 5.47. The number of ether oxygens (including phenoxy) is 3. The van der Waals surface area contributed by atoms with E-state index in [0.29, 0.717) is 43.4 Å². The Labute approximate surface area is 223 Å². The summed E-state index contributed by atoms with van der Waals surface area (Å²) < 4.78 is 15.3. The SMILES string of the molecule is CC(C(=O)OCC(=O)OCCCCO[N+](=O)[O-])c1ccc2cc(OC(=O)CCCCCO[N+](=O)[O-])ccc2c1. The van der Waals surface area contributed by atoms with Gasteiger partial charge in [-0.15, -0.1) is 20.2 Å². The van der Waals surface area contributed by atoms with Gasteiger partial charge in [0, 0.05) is 6.42 Å². The van der Waals surface area contributed by atoms with E-state index in [-0.39, 0.29) is 26.2 Å². The molecule has 0 aliphatic rings. The molecule has 0 aliphatic carbocycles. The van der Waals surface area contributed by atoms with Crippen LogP contribution in [0.25, 0.3) is 10.8 Å². The highest BCUT2D eigenvalue weighted by molar-refractivity contribution is 5.88. The van der Waals surface area contributed by atoms with Gasteiger partial charge in [0.15, 0.2) is 6.61 Å². The molecule has 2 rings (SSSR count). The van der Waals surface area contributed by atoms with Gasteiger partial charge in [-0.1, -0.05) is 30.7 Å². The van der Waals surface area contributed by atoms with Crippen LogP contribution in [0.15, 0.2) is 36.4 Å². The molecule has 0 aromatic heterocycles. The van der Waals surface area contributed by atoms with Crippen molar-refractivity contribution in [2.24, 2.45) is 0 Å². The summed E-state index contributed by atoms with van der Waals surface area (Å²) in [5.41, 5.74) is 0.664. The average molecular weight is 551 g/mol. The van der Waals surface area contributed by atoms with Gasteiger partial charge in [0.05, 0.1) is 25.7 Å². The van der Waals surface area contributed by atoms with Crippen LogP contribution in [-0.4, -0.2) is 54.5 Å². The Kier molecular flexibility index (Phi) is 12.9. The van der Waals surface area contributed by atoms with Crippen LogP contribution in [0, 0.1) is 20.2 Å². The Bertz CT molecular complexity index is 1150. The zero-order valence-corrected chi connectivity index (χ0v) is 21.4. The zero-order chi connectivity index (χ0) is 28.6. The molecule has 2 aromatic carbocycles. The maximum Gasteiger partial charge on any atom is 0.344 e. The molecule has 14 nitrogen and oxygen atoms in total. The van der Waals surface area contributed by atoms with Crippen molar-refractivity contribution in [2.45, 2.75) is 51.4 Å². The second-order valence-corrected chi connectivity index (χ2v) is 8.42. The van der Waals surface area contributed by atoms with Gasteiger partial charge in [-0.05, 0) is 61.1 Å². The van der Waals surface area contributed by atoms with Gasteiger partial charge in [-0.25, -0.2) is 4.79 Å². The van der Waals surface area contributed by atoms with Crippen LogP contribution in [0.5, 0.6) is 5.75 Å². The fourth-order valence-corrected chi connectivity index (χ4v) is 3.41. The standard InChI is InChI=1S/C25H30N2O12/c1-18(25(30)36-17-24(29)35-12-5-6-14-38-27(33)34)19-8-9-21-16-22(11-10-20(21)15-19)39-23(28)7-3-2-4-13-37-26(31)32/h8-11,15-16,18H,2-7,12-14,17H2,1H3. The quantitative estimate of drug-likeness (QED) is 0.0863. The molecule has 0 amide bonds. The number of hydrogen-bond donors (Lipinski definition) is 0. The first-order chi connectivity index (χ1) is 18.7. The number of esters is 3. The highest BCUT2D eigenvalue weighted by Gasteiger charge is 2.19. The van der Waals surface area contributed by atoms with Crippen molar-refractivity contribution in [3.63, 3.8) is 0 Å². The normalized spacial score (nSPS) is 11.3. The monoisotopic (exact) mass is 550 g/mol. The summed E-state index contributed by atoms with van der Waals surface area (Å²) in [4.78, 5) is 64.7. The van der Waals surface area contributed by atoms with Crippen molar-refractivity contribution in [1.82, 2.24) is 0 Å². The highest BCUT2D eigenvalue weighted by Crippen LogP contribution is 2.26. The lowest BCUT2D eigenvalue weighted by Crippen LogP contribution is -2.20. The lowest BCUT2D eigenvalue weighted by atomic mass is 9.98. The van der Waals surface area contributed by atoms with E-state index in [9.17, 15) is 34.6 Å². The van der Waals surface area contributed by atoms with Gasteiger partial charge in [-0.2, -0.15) is 0 Å². The van der Waals surface area contributed by atoms with E-state index < -0.39 is 40.6 Å². The van der Waals surface area contributed by atoms with E-state index in [2.05, 4.69) is 9.68 Å². The largest absolute Gasteiger partial charge is 0.463 e. The van der Waals surface area contributed by atoms with Crippen molar-refractivity contribution in [2.75, 3.05) is 26.4 Å². The maximum absolute atomic E-state index is 12.4. The lowest BCUT2D eigenvalue weighted by Gasteiger charge is -2.13. The first-order valence-electron chi connectivity index (χ1n) is 12.3. The van der Waals surface area contributed by atoms with Gasteiger partial charge in [0.2, 0.25) is 0 Å². The summed E-state index contributed by atoms with van der Waals surface area (Å²) in [6, 6.07) is 10.4. The summed E-state index contributed by atoms with van der Waals surface area (Å²) in [5, 5.41) is 20.0. The van der Waals surface area contributed by atoms with Crippen molar-refractivity contribution in [1.29, 1.82) is 0 Å². The van der Waals surface area contributed by atoms with E-state index in [1.54, 1.807) is 43.3 Å². The van der Waals surface area contributed by atoms with E-state index in [1.165, 1.54) is 0 Å². The zero-order valence-electron chi connectivity index (χ0n) is 21.4. The molecule has 39 heavy (non-hydrogen) atoms. The van der Waals surface area contributed by atoms with E-state index in [4.69, 9.17) is 14.2 Å². The second kappa shape index (κ2) is 16.4. The summed E-state index contributed by atoms with van der Waals surface area (Å²) in [6.45, 7) is 1.01. The predicted molar refractivity (Wildman–Crippen MR) is 134 cm³/mol. The topological polar surface area (TPSA) is 184 Å². The number of nitrogens with zero attached hydrogens (tertiary/aromatic N) is 2. The molecule has 0 fully saturated rings. The Morgan fingerprint density at radius 3 is 2.08 bits per heavy atom. The summed E-state index contributed by atoms with van der Waals surface area (Å²) in [7, 11) is 0. The molecule has 1 unspecified atom stereocenters. The third-order valence-electron chi connectivity index (χ3n) is 5.47. The number of carbonyl (C=O) groups excluding carboxylic acids is 3. The number of unbranched alkanes of at least 4 members (excludes halogenated alkanes) is 3. The van der Waals surface area contributed by atoms with Crippen LogP contribution >= 0.6 is 0 Å². The molecule has 14 heteroatoms.